The van der Waals surface area contributed by atoms with Gasteiger partial charge in [0.2, 0.25) is 0 Å². The van der Waals surface area contributed by atoms with Crippen LogP contribution in [0, 0.1) is 5.82 Å². The largest absolute Gasteiger partial charge is 0.493 e. The molecule has 2 aromatic rings. The molecule has 156 valence electrons. The van der Waals surface area contributed by atoms with E-state index in [0.717, 1.165) is 11.8 Å². The second-order valence-electron chi connectivity index (χ2n) is 6.00. The van der Waals surface area contributed by atoms with Crippen molar-refractivity contribution in [2.75, 3.05) is 25.2 Å². The Balaban J connectivity index is 1.80. The molecule has 1 saturated heterocycles. The van der Waals surface area contributed by atoms with E-state index in [1.165, 1.54) is 30.2 Å². The van der Waals surface area contributed by atoms with E-state index in [0.29, 0.717) is 32.0 Å². The topological polar surface area (TPSA) is 65.1 Å². The standard InChI is InChI=1S/C21H18FNO5S2/c1-3-27-19(24)12-28-16-8-7-13(9-17(16)26-2)10-18-20(25)23(21(29)30-18)15-6-4-5-14(22)11-15/h4-11H,3,12H2,1-2H3. The monoisotopic (exact) mass is 447 g/mol. The second-order valence-corrected chi connectivity index (χ2v) is 7.68. The highest BCUT2D eigenvalue weighted by atomic mass is 32.2. The number of thiocarbonyl (C=S) groups is 1. The molecule has 2 aromatic carbocycles. The van der Waals surface area contributed by atoms with Crippen molar-refractivity contribution in [2.24, 2.45) is 0 Å². The van der Waals surface area contributed by atoms with Gasteiger partial charge < -0.3 is 14.2 Å². The number of halogens is 1. The number of hydrogen-bond donors (Lipinski definition) is 0. The van der Waals surface area contributed by atoms with Crippen molar-refractivity contribution < 1.29 is 28.2 Å². The average Bonchev–Trinajstić information content (AvgIpc) is 3.00. The number of hydrogen-bond acceptors (Lipinski definition) is 7. The van der Waals surface area contributed by atoms with Crippen molar-refractivity contribution in [1.82, 2.24) is 0 Å². The number of rotatable bonds is 7. The maximum absolute atomic E-state index is 13.5. The van der Waals surface area contributed by atoms with E-state index >= 15 is 0 Å². The van der Waals surface area contributed by atoms with Crippen LogP contribution in [0.2, 0.25) is 0 Å². The van der Waals surface area contributed by atoms with Crippen LogP contribution in [-0.4, -0.2) is 36.5 Å². The molecule has 3 rings (SSSR count). The molecule has 0 unspecified atom stereocenters. The predicted octanol–water partition coefficient (Wildman–Crippen LogP) is 4.18. The molecule has 9 heteroatoms. The molecule has 0 saturated carbocycles. The van der Waals surface area contributed by atoms with Gasteiger partial charge >= 0.3 is 5.97 Å². The van der Waals surface area contributed by atoms with Crippen molar-refractivity contribution in [3.8, 4) is 11.5 Å². The molecule has 1 heterocycles. The van der Waals surface area contributed by atoms with Crippen LogP contribution in [0.4, 0.5) is 10.1 Å². The molecular weight excluding hydrogens is 429 g/mol. The molecule has 0 aliphatic carbocycles. The van der Waals surface area contributed by atoms with Crippen LogP contribution >= 0.6 is 24.0 Å². The van der Waals surface area contributed by atoms with Gasteiger partial charge in [-0.15, -0.1) is 0 Å². The van der Waals surface area contributed by atoms with Gasteiger partial charge in [-0.3, -0.25) is 9.69 Å². The lowest BCUT2D eigenvalue weighted by Crippen LogP contribution is -2.27. The summed E-state index contributed by atoms with van der Waals surface area (Å²) in [7, 11) is 1.47. The SMILES string of the molecule is CCOC(=O)COc1ccc(C=C2SC(=S)N(c3cccc(F)c3)C2=O)cc1OC. The molecule has 1 aliphatic heterocycles. The lowest BCUT2D eigenvalue weighted by atomic mass is 10.2. The molecule has 1 fully saturated rings. The molecule has 30 heavy (non-hydrogen) atoms. The summed E-state index contributed by atoms with van der Waals surface area (Å²) in [5.41, 5.74) is 1.05. The van der Waals surface area contributed by atoms with Gasteiger partial charge in [-0.2, -0.15) is 0 Å². The summed E-state index contributed by atoms with van der Waals surface area (Å²) in [5, 5.41) is 0. The number of carbonyl (C=O) groups is 2. The number of methoxy groups -OCH3 is 1. The van der Waals surface area contributed by atoms with E-state index in [-0.39, 0.29) is 19.1 Å². The minimum absolute atomic E-state index is 0.240. The molecule has 0 radical (unpaired) electrons. The smallest absolute Gasteiger partial charge is 0.344 e. The fourth-order valence-electron chi connectivity index (χ4n) is 2.69. The quantitative estimate of drug-likeness (QED) is 0.358. The van der Waals surface area contributed by atoms with Gasteiger partial charge in [0.05, 0.1) is 24.3 Å². The van der Waals surface area contributed by atoms with Gasteiger partial charge in [-0.25, -0.2) is 9.18 Å². The summed E-state index contributed by atoms with van der Waals surface area (Å²) >= 11 is 6.43. The van der Waals surface area contributed by atoms with Gasteiger partial charge in [0, 0.05) is 0 Å². The fraction of sp³-hybridized carbons (Fsp3) is 0.190. The molecule has 1 aliphatic rings. The molecule has 0 aromatic heterocycles. The Morgan fingerprint density at radius 2 is 2.03 bits per heavy atom. The van der Waals surface area contributed by atoms with E-state index < -0.39 is 11.8 Å². The van der Waals surface area contributed by atoms with Gasteiger partial charge in [-0.05, 0) is 48.9 Å². The van der Waals surface area contributed by atoms with Gasteiger partial charge in [-0.1, -0.05) is 36.1 Å². The van der Waals surface area contributed by atoms with Crippen LogP contribution < -0.4 is 14.4 Å². The molecule has 0 spiro atoms. The van der Waals surface area contributed by atoms with Crippen molar-refractivity contribution in [2.45, 2.75) is 6.92 Å². The first-order valence-electron chi connectivity index (χ1n) is 8.93. The molecule has 0 bridgehead atoms. The molecule has 6 nitrogen and oxygen atoms in total. The van der Waals surface area contributed by atoms with Crippen molar-refractivity contribution in [3.63, 3.8) is 0 Å². The zero-order valence-corrected chi connectivity index (χ0v) is 17.8. The summed E-state index contributed by atoms with van der Waals surface area (Å²) in [4.78, 5) is 26.0. The van der Waals surface area contributed by atoms with E-state index in [9.17, 15) is 14.0 Å². The van der Waals surface area contributed by atoms with Gasteiger partial charge in [0.25, 0.3) is 5.91 Å². The zero-order valence-electron chi connectivity index (χ0n) is 16.2. The zero-order chi connectivity index (χ0) is 21.7. The van der Waals surface area contributed by atoms with Crippen LogP contribution in [0.3, 0.4) is 0 Å². The number of amides is 1. The first-order valence-corrected chi connectivity index (χ1v) is 10.2. The number of esters is 1. The van der Waals surface area contributed by atoms with Crippen LogP contribution in [0.1, 0.15) is 12.5 Å². The number of ether oxygens (including phenoxy) is 3. The van der Waals surface area contributed by atoms with E-state index in [1.807, 2.05) is 0 Å². The third kappa shape index (κ3) is 4.98. The average molecular weight is 448 g/mol. The second kappa shape index (κ2) is 9.73. The normalized spacial score (nSPS) is 14.9. The molecule has 1 amide bonds. The molecule has 0 N–H and O–H groups in total. The fourth-order valence-corrected chi connectivity index (χ4v) is 3.99. The number of thioether (sulfide) groups is 1. The lowest BCUT2D eigenvalue weighted by molar-refractivity contribution is -0.145. The van der Waals surface area contributed by atoms with Gasteiger partial charge in [0.1, 0.15) is 5.82 Å². The number of anilines is 1. The van der Waals surface area contributed by atoms with E-state index in [1.54, 1.807) is 37.3 Å². The van der Waals surface area contributed by atoms with Gasteiger partial charge in [0.15, 0.2) is 22.4 Å². The lowest BCUT2D eigenvalue weighted by Gasteiger charge is -2.14. The number of carbonyl (C=O) groups excluding carboxylic acids is 2. The maximum atomic E-state index is 13.5. The summed E-state index contributed by atoms with van der Waals surface area (Å²) in [6, 6.07) is 10.7. The third-order valence-electron chi connectivity index (χ3n) is 4.00. The Bertz CT molecular complexity index is 1020. The minimum Gasteiger partial charge on any atom is -0.493 e. The van der Waals surface area contributed by atoms with Crippen molar-refractivity contribution in [3.05, 3.63) is 58.8 Å². The van der Waals surface area contributed by atoms with Crippen molar-refractivity contribution in [1.29, 1.82) is 0 Å². The first-order chi connectivity index (χ1) is 14.4. The van der Waals surface area contributed by atoms with Crippen LogP contribution in [-0.2, 0) is 14.3 Å². The van der Waals surface area contributed by atoms with E-state index in [4.69, 9.17) is 26.4 Å². The Morgan fingerprint density at radius 1 is 1.23 bits per heavy atom. The predicted molar refractivity (Wildman–Crippen MR) is 117 cm³/mol. The highest BCUT2D eigenvalue weighted by molar-refractivity contribution is 8.27. The minimum atomic E-state index is -0.482. The van der Waals surface area contributed by atoms with Crippen molar-refractivity contribution >= 4 is 51.9 Å². The summed E-state index contributed by atoms with van der Waals surface area (Å²) < 4.78 is 29.4. The highest BCUT2D eigenvalue weighted by Gasteiger charge is 2.33. The Kier molecular flexibility index (Phi) is 7.07. The van der Waals surface area contributed by atoms with Crippen LogP contribution in [0.5, 0.6) is 11.5 Å². The Morgan fingerprint density at radius 3 is 2.73 bits per heavy atom. The highest BCUT2D eigenvalue weighted by Crippen LogP contribution is 2.37. The third-order valence-corrected chi connectivity index (χ3v) is 5.30. The summed E-state index contributed by atoms with van der Waals surface area (Å²) in [6.45, 7) is 1.74. The van der Waals surface area contributed by atoms with Crippen LogP contribution in [0.25, 0.3) is 6.08 Å². The van der Waals surface area contributed by atoms with Crippen LogP contribution in [0.15, 0.2) is 47.4 Å². The van der Waals surface area contributed by atoms with E-state index in [2.05, 4.69) is 0 Å². The number of benzene rings is 2. The summed E-state index contributed by atoms with van der Waals surface area (Å²) in [5.74, 6) is -0.501. The maximum Gasteiger partial charge on any atom is 0.344 e. The molecular formula is C21H18FNO5S2. The Hall–Kier alpha value is -2.91. The summed E-state index contributed by atoms with van der Waals surface area (Å²) in [6.07, 6.45) is 1.66. The first kappa shape index (κ1) is 21.8. The number of nitrogens with zero attached hydrogens (tertiary/aromatic N) is 1. The Labute approximate surface area is 182 Å². The molecule has 0 atom stereocenters.